The molecule has 0 saturated heterocycles. The van der Waals surface area contributed by atoms with Gasteiger partial charge in [0.05, 0.1) is 6.54 Å². The smallest absolute Gasteiger partial charge is 0.407 e. The monoisotopic (exact) mass is 244 g/mol. The van der Waals surface area contributed by atoms with Crippen molar-refractivity contribution in [2.75, 3.05) is 13.1 Å². The van der Waals surface area contributed by atoms with Crippen LogP contribution in [0.4, 0.5) is 4.79 Å². The minimum absolute atomic E-state index is 0.0261. The fourth-order valence-electron chi connectivity index (χ4n) is 0.997. The van der Waals surface area contributed by atoms with E-state index < -0.39 is 11.7 Å². The van der Waals surface area contributed by atoms with Crippen molar-refractivity contribution in [1.82, 2.24) is 10.6 Å². The molecule has 0 saturated carbocycles. The summed E-state index contributed by atoms with van der Waals surface area (Å²) >= 11 is 0. The average molecular weight is 244 g/mol. The minimum atomic E-state index is -0.522. The highest BCUT2D eigenvalue weighted by Crippen LogP contribution is 2.06. The Hall–Kier alpha value is -1.59. The van der Waals surface area contributed by atoms with Gasteiger partial charge in [-0.3, -0.25) is 4.79 Å². The second-order valence-electron chi connectivity index (χ2n) is 4.50. The van der Waals surface area contributed by atoms with Gasteiger partial charge in [0.2, 0.25) is 5.91 Å². The summed E-state index contributed by atoms with van der Waals surface area (Å²) in [7, 11) is 0. The molecule has 0 aromatic heterocycles. The molecular formula is C11H20N2O4. The van der Waals surface area contributed by atoms with Crippen molar-refractivity contribution in [2.45, 2.75) is 39.2 Å². The van der Waals surface area contributed by atoms with Crippen LogP contribution in [0.2, 0.25) is 0 Å². The van der Waals surface area contributed by atoms with Crippen LogP contribution in [0.3, 0.4) is 0 Å². The molecule has 0 aromatic carbocycles. The maximum Gasteiger partial charge on any atom is 0.407 e. The summed E-state index contributed by atoms with van der Waals surface area (Å²) in [4.78, 5) is 32.2. The van der Waals surface area contributed by atoms with Crippen LogP contribution < -0.4 is 10.6 Å². The molecule has 2 amide bonds. The molecule has 0 fully saturated rings. The Bertz CT molecular complexity index is 271. The highest BCUT2D eigenvalue weighted by Gasteiger charge is 2.15. The maximum atomic E-state index is 11.2. The van der Waals surface area contributed by atoms with Crippen molar-refractivity contribution in [3.63, 3.8) is 0 Å². The Kier molecular flexibility index (Phi) is 6.93. The van der Waals surface area contributed by atoms with E-state index in [2.05, 4.69) is 10.6 Å². The normalized spacial score (nSPS) is 10.5. The van der Waals surface area contributed by atoms with E-state index in [0.29, 0.717) is 19.3 Å². The summed E-state index contributed by atoms with van der Waals surface area (Å²) in [5.74, 6) is -0.205. The van der Waals surface area contributed by atoms with E-state index in [-0.39, 0.29) is 18.9 Å². The average Bonchev–Trinajstić information content (AvgIpc) is 2.19. The first-order chi connectivity index (χ1) is 7.85. The zero-order valence-electron chi connectivity index (χ0n) is 10.5. The quantitative estimate of drug-likeness (QED) is 0.529. The van der Waals surface area contributed by atoms with Gasteiger partial charge in [0.15, 0.2) is 0 Å². The number of carbonyl (C=O) groups is 3. The van der Waals surface area contributed by atoms with Crippen LogP contribution in [0.5, 0.6) is 0 Å². The van der Waals surface area contributed by atoms with Gasteiger partial charge in [0, 0.05) is 13.0 Å². The topological polar surface area (TPSA) is 84.5 Å². The second kappa shape index (κ2) is 7.65. The lowest BCUT2D eigenvalue weighted by Gasteiger charge is -2.19. The lowest BCUT2D eigenvalue weighted by Crippen LogP contribution is -2.33. The molecule has 0 aliphatic heterocycles. The van der Waals surface area contributed by atoms with Crippen molar-refractivity contribution in [2.24, 2.45) is 0 Å². The van der Waals surface area contributed by atoms with E-state index in [1.807, 2.05) is 0 Å². The summed E-state index contributed by atoms with van der Waals surface area (Å²) < 4.78 is 5.01. The Morgan fingerprint density at radius 2 is 1.88 bits per heavy atom. The zero-order valence-corrected chi connectivity index (χ0v) is 10.5. The molecule has 0 rings (SSSR count). The van der Waals surface area contributed by atoms with E-state index in [9.17, 15) is 14.4 Å². The predicted molar refractivity (Wildman–Crippen MR) is 62.5 cm³/mol. The van der Waals surface area contributed by atoms with Gasteiger partial charge >= 0.3 is 6.09 Å². The molecule has 0 atom stereocenters. The van der Waals surface area contributed by atoms with Crippen LogP contribution in [-0.2, 0) is 14.3 Å². The number of rotatable bonds is 6. The summed E-state index contributed by atoms with van der Waals surface area (Å²) in [5.41, 5.74) is -0.522. The molecule has 0 spiro atoms. The van der Waals surface area contributed by atoms with Crippen molar-refractivity contribution in [3.8, 4) is 0 Å². The molecule has 0 aliphatic carbocycles. The number of aldehydes is 1. The lowest BCUT2D eigenvalue weighted by molar-refractivity contribution is -0.122. The summed E-state index contributed by atoms with van der Waals surface area (Å²) in [6.07, 6.45) is 0.899. The largest absolute Gasteiger partial charge is 0.444 e. The molecule has 0 radical (unpaired) electrons. The Morgan fingerprint density at radius 1 is 1.24 bits per heavy atom. The number of alkyl carbamates (subject to hydrolysis) is 1. The van der Waals surface area contributed by atoms with Crippen molar-refractivity contribution in [1.29, 1.82) is 0 Å². The van der Waals surface area contributed by atoms with Gasteiger partial charge in [-0.2, -0.15) is 0 Å². The Labute approximate surface area is 101 Å². The van der Waals surface area contributed by atoms with Crippen molar-refractivity contribution in [3.05, 3.63) is 0 Å². The number of hydrogen-bond acceptors (Lipinski definition) is 4. The molecular weight excluding hydrogens is 224 g/mol. The summed E-state index contributed by atoms with van der Waals surface area (Å²) in [5, 5.41) is 4.95. The molecule has 0 unspecified atom stereocenters. The fraction of sp³-hybridized carbons (Fsp3) is 0.727. The van der Waals surface area contributed by atoms with Crippen molar-refractivity contribution < 1.29 is 19.1 Å². The van der Waals surface area contributed by atoms with Gasteiger partial charge in [0.1, 0.15) is 11.9 Å². The number of nitrogens with one attached hydrogen (secondary N) is 2. The predicted octanol–water partition coefficient (Wildman–Crippen LogP) is 0.606. The molecule has 98 valence electrons. The summed E-state index contributed by atoms with van der Waals surface area (Å²) in [6, 6.07) is 0. The highest BCUT2D eigenvalue weighted by molar-refractivity contribution is 5.78. The third-order valence-electron chi connectivity index (χ3n) is 1.63. The molecule has 0 bridgehead atoms. The molecule has 0 aromatic rings. The standard InChI is InChI=1S/C11H20N2O4/c1-11(2,3)17-10(16)13-6-4-5-9(15)12-7-8-14/h8H,4-7H2,1-3H3,(H,12,15)(H,13,16). The third-order valence-corrected chi connectivity index (χ3v) is 1.63. The first kappa shape index (κ1) is 15.4. The molecule has 2 N–H and O–H groups in total. The van der Waals surface area contributed by atoms with Gasteiger partial charge in [0.25, 0.3) is 0 Å². The van der Waals surface area contributed by atoms with Crippen molar-refractivity contribution >= 4 is 18.3 Å². The van der Waals surface area contributed by atoms with Crippen LogP contribution in [0.15, 0.2) is 0 Å². The number of hydrogen-bond donors (Lipinski definition) is 2. The number of amides is 2. The van der Waals surface area contributed by atoms with Gasteiger partial charge in [-0.1, -0.05) is 0 Å². The summed E-state index contributed by atoms with van der Waals surface area (Å²) in [6.45, 7) is 5.72. The van der Waals surface area contributed by atoms with Gasteiger partial charge < -0.3 is 20.2 Å². The second-order valence-corrected chi connectivity index (χ2v) is 4.50. The first-order valence-electron chi connectivity index (χ1n) is 5.52. The maximum absolute atomic E-state index is 11.2. The van der Waals surface area contributed by atoms with E-state index in [4.69, 9.17) is 4.74 Å². The highest BCUT2D eigenvalue weighted by atomic mass is 16.6. The van der Waals surface area contributed by atoms with E-state index in [1.165, 1.54) is 0 Å². The molecule has 6 heteroatoms. The zero-order chi connectivity index (χ0) is 13.3. The number of carbonyl (C=O) groups excluding carboxylic acids is 3. The first-order valence-corrected chi connectivity index (χ1v) is 5.52. The van der Waals surface area contributed by atoms with Gasteiger partial charge in [-0.05, 0) is 27.2 Å². The number of ether oxygens (including phenoxy) is 1. The SMILES string of the molecule is CC(C)(C)OC(=O)NCCCC(=O)NCC=O. The van der Waals surface area contributed by atoms with Crippen LogP contribution >= 0.6 is 0 Å². The molecule has 6 nitrogen and oxygen atoms in total. The molecule has 17 heavy (non-hydrogen) atoms. The van der Waals surface area contributed by atoms with Crippen LogP contribution in [0.25, 0.3) is 0 Å². The Balaban J connectivity index is 3.54. The van der Waals surface area contributed by atoms with Crippen LogP contribution in [0, 0.1) is 0 Å². The Morgan fingerprint density at radius 3 is 2.41 bits per heavy atom. The minimum Gasteiger partial charge on any atom is -0.444 e. The molecule has 0 heterocycles. The van der Waals surface area contributed by atoms with E-state index in [0.717, 1.165) is 0 Å². The lowest BCUT2D eigenvalue weighted by atomic mass is 10.2. The van der Waals surface area contributed by atoms with E-state index in [1.54, 1.807) is 20.8 Å². The van der Waals surface area contributed by atoms with E-state index >= 15 is 0 Å². The molecule has 0 aliphatic rings. The van der Waals surface area contributed by atoms with Gasteiger partial charge in [-0.25, -0.2) is 4.79 Å². The third kappa shape index (κ3) is 10.7. The van der Waals surface area contributed by atoms with Gasteiger partial charge in [-0.15, -0.1) is 0 Å². The fourth-order valence-corrected chi connectivity index (χ4v) is 0.997. The van der Waals surface area contributed by atoms with Crippen LogP contribution in [-0.4, -0.2) is 37.0 Å². The van der Waals surface area contributed by atoms with Crippen LogP contribution in [0.1, 0.15) is 33.6 Å².